The number of para-hydroxylation sites is 1. The lowest BCUT2D eigenvalue weighted by molar-refractivity contribution is 0.241. The predicted octanol–water partition coefficient (Wildman–Crippen LogP) is 3.89. The third kappa shape index (κ3) is 2.39. The Labute approximate surface area is 85.8 Å². The van der Waals surface area contributed by atoms with Crippen LogP contribution in [0.4, 0.5) is 0 Å². The molecule has 0 aliphatic rings. The molecule has 1 aromatic rings. The molecule has 1 rings (SSSR count). The zero-order valence-electron chi connectivity index (χ0n) is 6.97. The zero-order valence-corrected chi connectivity index (χ0v) is 9.32. The number of benzene rings is 1. The predicted molar refractivity (Wildman–Crippen MR) is 54.9 cm³/mol. The van der Waals surface area contributed by atoms with Crippen molar-refractivity contribution in [2.24, 2.45) is 0 Å². The molecule has 0 radical (unpaired) electrons. The van der Waals surface area contributed by atoms with E-state index in [0.717, 1.165) is 4.47 Å². The summed E-state index contributed by atoms with van der Waals surface area (Å²) in [7, 11) is 0. The maximum atomic E-state index is 5.92. The fraction of sp³-hybridized carbons (Fsp3) is 0.333. The molecular weight excluding hydrogens is 239 g/mol. The normalized spacial score (nSPS) is 10.4. The summed E-state index contributed by atoms with van der Waals surface area (Å²) in [4.78, 5) is 0. The van der Waals surface area contributed by atoms with Gasteiger partial charge in [0.05, 0.1) is 15.6 Å². The molecule has 1 nitrogen and oxygen atoms in total. The Morgan fingerprint density at radius 1 is 1.42 bits per heavy atom. The van der Waals surface area contributed by atoms with E-state index in [1.54, 1.807) is 0 Å². The zero-order chi connectivity index (χ0) is 9.14. The number of rotatable bonds is 2. The summed E-state index contributed by atoms with van der Waals surface area (Å²) < 4.78 is 6.39. The molecule has 0 saturated heterocycles. The van der Waals surface area contributed by atoms with Crippen LogP contribution in [-0.2, 0) is 0 Å². The Kier molecular flexibility index (Phi) is 3.41. The summed E-state index contributed by atoms with van der Waals surface area (Å²) in [5, 5.41) is 0.637. The second kappa shape index (κ2) is 4.15. The number of halogens is 2. The molecule has 0 unspecified atom stereocenters. The van der Waals surface area contributed by atoms with Gasteiger partial charge >= 0.3 is 0 Å². The molecule has 0 amide bonds. The van der Waals surface area contributed by atoms with Crippen molar-refractivity contribution in [3.63, 3.8) is 0 Å². The Hall–Kier alpha value is -0.210. The molecule has 0 bridgehead atoms. The van der Waals surface area contributed by atoms with Gasteiger partial charge in [-0.15, -0.1) is 0 Å². The number of hydrogen-bond acceptors (Lipinski definition) is 1. The van der Waals surface area contributed by atoms with Gasteiger partial charge in [0.2, 0.25) is 0 Å². The molecule has 1 aromatic carbocycles. The van der Waals surface area contributed by atoms with Crippen molar-refractivity contribution < 1.29 is 4.74 Å². The third-order valence-electron chi connectivity index (χ3n) is 1.27. The molecule has 0 atom stereocenters. The van der Waals surface area contributed by atoms with E-state index in [1.807, 2.05) is 32.0 Å². The summed E-state index contributed by atoms with van der Waals surface area (Å²) in [5.74, 6) is 0.717. The molecule has 66 valence electrons. The summed E-state index contributed by atoms with van der Waals surface area (Å²) in [6.07, 6.45) is 0.140. The number of ether oxygens (including phenoxy) is 1. The van der Waals surface area contributed by atoms with Crippen LogP contribution < -0.4 is 4.74 Å². The molecule has 0 aliphatic heterocycles. The lowest BCUT2D eigenvalue weighted by Crippen LogP contribution is -2.06. The van der Waals surface area contributed by atoms with Gasteiger partial charge in [-0.25, -0.2) is 0 Å². The molecule has 0 aliphatic carbocycles. The van der Waals surface area contributed by atoms with Gasteiger partial charge in [-0.05, 0) is 41.9 Å². The Morgan fingerprint density at radius 2 is 2.08 bits per heavy atom. The van der Waals surface area contributed by atoms with E-state index >= 15 is 0 Å². The van der Waals surface area contributed by atoms with Gasteiger partial charge in [-0.1, -0.05) is 17.7 Å². The van der Waals surface area contributed by atoms with Gasteiger partial charge in [-0.3, -0.25) is 0 Å². The molecular formula is C9H10BrClO. The van der Waals surface area contributed by atoms with Crippen LogP contribution in [0.3, 0.4) is 0 Å². The van der Waals surface area contributed by atoms with E-state index in [9.17, 15) is 0 Å². The molecule has 0 N–H and O–H groups in total. The van der Waals surface area contributed by atoms with Gasteiger partial charge in [0.1, 0.15) is 0 Å². The van der Waals surface area contributed by atoms with Crippen molar-refractivity contribution in [1.29, 1.82) is 0 Å². The standard InChI is InChI=1S/C9H10BrClO/c1-6(2)12-9-7(10)4-3-5-8(9)11/h3-6H,1-2H3. The van der Waals surface area contributed by atoms with Gasteiger partial charge in [0.15, 0.2) is 5.75 Å². The highest BCUT2D eigenvalue weighted by Crippen LogP contribution is 2.33. The summed E-state index contributed by atoms with van der Waals surface area (Å²) in [6.45, 7) is 3.94. The third-order valence-corrected chi connectivity index (χ3v) is 2.19. The molecule has 12 heavy (non-hydrogen) atoms. The molecule has 0 heterocycles. The van der Waals surface area contributed by atoms with Crippen molar-refractivity contribution >= 4 is 27.5 Å². The summed E-state index contributed by atoms with van der Waals surface area (Å²) in [5.41, 5.74) is 0. The van der Waals surface area contributed by atoms with Crippen molar-refractivity contribution in [1.82, 2.24) is 0 Å². The molecule has 0 saturated carbocycles. The van der Waals surface area contributed by atoms with Gasteiger partial charge < -0.3 is 4.74 Å². The minimum Gasteiger partial charge on any atom is -0.488 e. The summed E-state index contributed by atoms with van der Waals surface area (Å²) >= 11 is 9.28. The Balaban J connectivity index is 2.96. The first-order valence-corrected chi connectivity index (χ1v) is 4.89. The number of hydrogen-bond donors (Lipinski definition) is 0. The molecule has 3 heteroatoms. The van der Waals surface area contributed by atoms with E-state index in [-0.39, 0.29) is 6.10 Å². The van der Waals surface area contributed by atoms with Crippen LogP contribution in [0.2, 0.25) is 5.02 Å². The molecule has 0 fully saturated rings. The SMILES string of the molecule is CC(C)Oc1c(Cl)cccc1Br. The average molecular weight is 250 g/mol. The van der Waals surface area contributed by atoms with Crippen LogP contribution in [0.25, 0.3) is 0 Å². The van der Waals surface area contributed by atoms with E-state index in [2.05, 4.69) is 15.9 Å². The first kappa shape index (κ1) is 9.87. The van der Waals surface area contributed by atoms with Crippen molar-refractivity contribution in [3.05, 3.63) is 27.7 Å². The van der Waals surface area contributed by atoms with Crippen LogP contribution in [0.15, 0.2) is 22.7 Å². The first-order valence-electron chi connectivity index (χ1n) is 3.72. The monoisotopic (exact) mass is 248 g/mol. The van der Waals surface area contributed by atoms with E-state index in [4.69, 9.17) is 16.3 Å². The highest BCUT2D eigenvalue weighted by Gasteiger charge is 2.06. The Bertz CT molecular complexity index is 253. The smallest absolute Gasteiger partial charge is 0.152 e. The highest BCUT2D eigenvalue weighted by molar-refractivity contribution is 9.10. The minimum atomic E-state index is 0.140. The van der Waals surface area contributed by atoms with Crippen LogP contribution in [0.5, 0.6) is 5.75 Å². The summed E-state index contributed by atoms with van der Waals surface area (Å²) in [6, 6.07) is 5.59. The van der Waals surface area contributed by atoms with E-state index in [0.29, 0.717) is 10.8 Å². The first-order chi connectivity index (χ1) is 5.61. The average Bonchev–Trinajstić information content (AvgIpc) is 1.97. The van der Waals surface area contributed by atoms with Gasteiger partial charge in [0.25, 0.3) is 0 Å². The van der Waals surface area contributed by atoms with E-state index in [1.165, 1.54) is 0 Å². The van der Waals surface area contributed by atoms with Crippen molar-refractivity contribution in [3.8, 4) is 5.75 Å². The fourth-order valence-electron chi connectivity index (χ4n) is 0.831. The lowest BCUT2D eigenvalue weighted by atomic mass is 10.3. The van der Waals surface area contributed by atoms with Gasteiger partial charge in [-0.2, -0.15) is 0 Å². The maximum Gasteiger partial charge on any atom is 0.152 e. The van der Waals surface area contributed by atoms with Crippen LogP contribution in [0, 0.1) is 0 Å². The maximum absolute atomic E-state index is 5.92. The quantitative estimate of drug-likeness (QED) is 0.773. The highest BCUT2D eigenvalue weighted by atomic mass is 79.9. The second-order valence-corrected chi connectivity index (χ2v) is 3.98. The van der Waals surface area contributed by atoms with Crippen LogP contribution in [0.1, 0.15) is 13.8 Å². The Morgan fingerprint density at radius 3 is 2.58 bits per heavy atom. The molecule has 0 spiro atoms. The van der Waals surface area contributed by atoms with Crippen LogP contribution in [-0.4, -0.2) is 6.10 Å². The van der Waals surface area contributed by atoms with Crippen molar-refractivity contribution in [2.75, 3.05) is 0 Å². The topological polar surface area (TPSA) is 9.23 Å². The van der Waals surface area contributed by atoms with Crippen LogP contribution >= 0.6 is 27.5 Å². The lowest BCUT2D eigenvalue weighted by Gasteiger charge is -2.12. The van der Waals surface area contributed by atoms with Gasteiger partial charge in [0, 0.05) is 0 Å². The largest absolute Gasteiger partial charge is 0.488 e. The van der Waals surface area contributed by atoms with Crippen molar-refractivity contribution in [2.45, 2.75) is 20.0 Å². The molecule has 0 aromatic heterocycles. The fourth-order valence-corrected chi connectivity index (χ4v) is 1.62. The minimum absolute atomic E-state index is 0.140. The van der Waals surface area contributed by atoms with E-state index < -0.39 is 0 Å². The second-order valence-electron chi connectivity index (χ2n) is 2.72.